The molecule has 1 aliphatic heterocycles. The molecule has 3 aromatic carbocycles. The first-order chi connectivity index (χ1) is 17.9. The number of nitrogens with zero attached hydrogens (tertiary/aromatic N) is 1. The Morgan fingerprint density at radius 3 is 2.57 bits per heavy atom. The molecule has 0 aromatic heterocycles. The molecule has 2 unspecified atom stereocenters. The summed E-state index contributed by atoms with van der Waals surface area (Å²) < 4.78 is 12.0. The highest BCUT2D eigenvalue weighted by Gasteiger charge is 2.29. The number of fused-ring (bicyclic) bond motifs is 1. The number of aryl methyl sites for hydroxylation is 1. The average Bonchev–Trinajstić information content (AvgIpc) is 2.88. The molecular weight excluding hydrogens is 492 g/mol. The molecule has 0 fully saturated rings. The van der Waals surface area contributed by atoms with E-state index in [9.17, 15) is 14.9 Å². The number of halogens is 1. The summed E-state index contributed by atoms with van der Waals surface area (Å²) in [5.41, 5.74) is 8.67. The van der Waals surface area contributed by atoms with Crippen molar-refractivity contribution < 1.29 is 19.2 Å². The van der Waals surface area contributed by atoms with Gasteiger partial charge < -0.3 is 15.2 Å². The molecule has 8 heteroatoms. The molecule has 4 rings (SSSR count). The lowest BCUT2D eigenvalue weighted by Crippen LogP contribution is -2.31. The first-order valence-corrected chi connectivity index (χ1v) is 12.9. The van der Waals surface area contributed by atoms with Crippen molar-refractivity contribution in [1.29, 1.82) is 0 Å². The zero-order valence-corrected chi connectivity index (χ0v) is 21.4. The first kappa shape index (κ1) is 26.6. The summed E-state index contributed by atoms with van der Waals surface area (Å²) in [6, 6.07) is 20.1. The van der Waals surface area contributed by atoms with Crippen molar-refractivity contribution in [2.45, 2.75) is 50.5 Å². The SMILES string of the molecule is NCCc1ccc(OCCC2Oc3cc([N+](=O)[O-])ccc3C(CCc3cccc(Cl)c3)CCC2=O)cc1. The molecule has 0 spiro atoms. The van der Waals surface area contributed by atoms with Gasteiger partial charge in [-0.1, -0.05) is 35.9 Å². The lowest BCUT2D eigenvalue weighted by molar-refractivity contribution is -0.385. The van der Waals surface area contributed by atoms with Gasteiger partial charge in [-0.3, -0.25) is 14.9 Å². The van der Waals surface area contributed by atoms with E-state index in [1.54, 1.807) is 6.07 Å². The molecule has 2 atom stereocenters. The van der Waals surface area contributed by atoms with E-state index in [2.05, 4.69) is 0 Å². The number of hydrogen-bond donors (Lipinski definition) is 1. The van der Waals surface area contributed by atoms with E-state index in [0.717, 1.165) is 36.0 Å². The quantitative estimate of drug-likeness (QED) is 0.257. The number of Topliss-reactive ketones (excluding diaryl/α,β-unsaturated/α-hetero) is 1. The molecular formula is C29H31ClN2O5. The summed E-state index contributed by atoms with van der Waals surface area (Å²) in [7, 11) is 0. The largest absolute Gasteiger partial charge is 0.493 e. The van der Waals surface area contributed by atoms with Gasteiger partial charge in [-0.2, -0.15) is 0 Å². The molecule has 0 aliphatic carbocycles. The number of nitro groups is 1. The van der Waals surface area contributed by atoms with E-state index in [0.29, 0.717) is 42.3 Å². The van der Waals surface area contributed by atoms with Crippen LogP contribution in [-0.2, 0) is 17.6 Å². The Morgan fingerprint density at radius 1 is 1.03 bits per heavy atom. The van der Waals surface area contributed by atoms with Crippen LogP contribution >= 0.6 is 11.6 Å². The zero-order valence-electron chi connectivity index (χ0n) is 20.6. The second kappa shape index (κ2) is 12.7. The van der Waals surface area contributed by atoms with Gasteiger partial charge >= 0.3 is 0 Å². The van der Waals surface area contributed by atoms with Crippen LogP contribution in [0.1, 0.15) is 48.3 Å². The van der Waals surface area contributed by atoms with Gasteiger partial charge in [0.15, 0.2) is 11.9 Å². The van der Waals surface area contributed by atoms with Crippen molar-refractivity contribution in [2.75, 3.05) is 13.2 Å². The number of nitro benzene ring substituents is 1. The van der Waals surface area contributed by atoms with Crippen LogP contribution in [0.25, 0.3) is 0 Å². The third-order valence-electron chi connectivity index (χ3n) is 6.69. The van der Waals surface area contributed by atoms with Gasteiger partial charge in [0.2, 0.25) is 0 Å². The van der Waals surface area contributed by atoms with Crippen LogP contribution in [0.3, 0.4) is 0 Å². The van der Waals surface area contributed by atoms with Gasteiger partial charge in [-0.15, -0.1) is 0 Å². The second-order valence-electron chi connectivity index (χ2n) is 9.28. The Kier molecular flexibility index (Phi) is 9.14. The number of ketones is 1. The number of benzene rings is 3. The van der Waals surface area contributed by atoms with Crippen molar-refractivity contribution >= 4 is 23.1 Å². The highest BCUT2D eigenvalue weighted by molar-refractivity contribution is 6.30. The minimum absolute atomic E-state index is 0.0215. The second-order valence-corrected chi connectivity index (χ2v) is 9.71. The molecule has 7 nitrogen and oxygen atoms in total. The Bertz CT molecular complexity index is 1230. The minimum atomic E-state index is -0.730. The summed E-state index contributed by atoms with van der Waals surface area (Å²) in [5.74, 6) is 1.11. The Morgan fingerprint density at radius 2 is 1.84 bits per heavy atom. The summed E-state index contributed by atoms with van der Waals surface area (Å²) >= 11 is 6.13. The van der Waals surface area contributed by atoms with E-state index in [1.165, 1.54) is 12.1 Å². The lowest BCUT2D eigenvalue weighted by Gasteiger charge is -2.27. The average molecular weight is 523 g/mol. The molecule has 0 saturated heterocycles. The van der Waals surface area contributed by atoms with Crippen LogP contribution in [0, 0.1) is 10.1 Å². The molecule has 37 heavy (non-hydrogen) atoms. The maximum Gasteiger partial charge on any atom is 0.273 e. The van der Waals surface area contributed by atoms with Gasteiger partial charge in [-0.25, -0.2) is 0 Å². The van der Waals surface area contributed by atoms with Crippen LogP contribution in [-0.4, -0.2) is 30.0 Å². The normalized spacial score (nSPS) is 17.3. The predicted molar refractivity (Wildman–Crippen MR) is 144 cm³/mol. The smallest absolute Gasteiger partial charge is 0.273 e. The lowest BCUT2D eigenvalue weighted by atomic mass is 9.85. The van der Waals surface area contributed by atoms with Crippen molar-refractivity contribution in [3.05, 3.63) is 98.6 Å². The molecule has 1 heterocycles. The molecule has 194 valence electrons. The fourth-order valence-electron chi connectivity index (χ4n) is 4.68. The number of nitrogens with two attached hydrogens (primary N) is 1. The van der Waals surface area contributed by atoms with Gasteiger partial charge in [0.05, 0.1) is 17.6 Å². The van der Waals surface area contributed by atoms with Gasteiger partial charge in [0.1, 0.15) is 11.5 Å². The van der Waals surface area contributed by atoms with Crippen molar-refractivity contribution in [3.8, 4) is 11.5 Å². The number of hydrogen-bond acceptors (Lipinski definition) is 6. The van der Waals surface area contributed by atoms with Gasteiger partial charge in [0, 0.05) is 23.9 Å². The molecule has 0 bridgehead atoms. The molecule has 0 amide bonds. The van der Waals surface area contributed by atoms with Crippen LogP contribution in [0.5, 0.6) is 11.5 Å². The zero-order chi connectivity index (χ0) is 26.2. The third kappa shape index (κ3) is 7.31. The first-order valence-electron chi connectivity index (χ1n) is 12.6. The highest BCUT2D eigenvalue weighted by atomic mass is 35.5. The predicted octanol–water partition coefficient (Wildman–Crippen LogP) is 6.05. The molecule has 0 saturated carbocycles. The number of ether oxygens (including phenoxy) is 2. The van der Waals surface area contributed by atoms with Crippen LogP contribution in [0.4, 0.5) is 5.69 Å². The third-order valence-corrected chi connectivity index (χ3v) is 6.93. The molecule has 3 aromatic rings. The maximum atomic E-state index is 13.1. The number of non-ortho nitro benzene ring substituents is 1. The molecule has 1 aliphatic rings. The monoisotopic (exact) mass is 522 g/mol. The van der Waals surface area contributed by atoms with Crippen LogP contribution < -0.4 is 15.2 Å². The molecule has 2 N–H and O–H groups in total. The number of carbonyl (C=O) groups excluding carboxylic acids is 1. The van der Waals surface area contributed by atoms with Crippen molar-refractivity contribution in [1.82, 2.24) is 0 Å². The highest BCUT2D eigenvalue weighted by Crippen LogP contribution is 2.38. The van der Waals surface area contributed by atoms with Crippen LogP contribution in [0.15, 0.2) is 66.7 Å². The van der Waals surface area contributed by atoms with Crippen molar-refractivity contribution in [3.63, 3.8) is 0 Å². The van der Waals surface area contributed by atoms with E-state index >= 15 is 0 Å². The van der Waals surface area contributed by atoms with E-state index in [1.807, 2.05) is 48.5 Å². The number of carbonyl (C=O) groups is 1. The fraction of sp³-hybridized carbons (Fsp3) is 0.345. The van der Waals surface area contributed by atoms with Gasteiger partial charge in [0.25, 0.3) is 5.69 Å². The van der Waals surface area contributed by atoms with E-state index in [-0.39, 0.29) is 24.0 Å². The standard InChI is InChI=1S/C29H31ClN2O5/c30-23-3-1-2-21(18-23)4-7-22-8-13-27(33)28(37-29-19-24(32(34)35)9-12-26(22)29)15-17-36-25-10-5-20(6-11-25)14-16-31/h1-3,5-6,9-12,18-19,22,28H,4,7-8,13-17,31H2. The van der Waals surface area contributed by atoms with Gasteiger partial charge in [-0.05, 0) is 85.2 Å². The Hall–Kier alpha value is -3.42. The number of rotatable bonds is 10. The molecule has 0 radical (unpaired) electrons. The summed E-state index contributed by atoms with van der Waals surface area (Å²) in [6.45, 7) is 0.873. The maximum absolute atomic E-state index is 13.1. The van der Waals surface area contributed by atoms with Crippen LogP contribution in [0.2, 0.25) is 5.02 Å². The van der Waals surface area contributed by atoms with Crippen molar-refractivity contribution in [2.24, 2.45) is 5.73 Å². The fourth-order valence-corrected chi connectivity index (χ4v) is 4.90. The van der Waals surface area contributed by atoms with E-state index in [4.69, 9.17) is 26.8 Å². The summed E-state index contributed by atoms with van der Waals surface area (Å²) in [6.07, 6.45) is 2.98. The topological polar surface area (TPSA) is 105 Å². The minimum Gasteiger partial charge on any atom is -0.493 e. The summed E-state index contributed by atoms with van der Waals surface area (Å²) in [5, 5.41) is 12.1. The summed E-state index contributed by atoms with van der Waals surface area (Å²) in [4.78, 5) is 24.1. The van der Waals surface area contributed by atoms with E-state index < -0.39 is 11.0 Å². The Balaban J connectivity index is 1.47. The Labute approximate surface area is 221 Å².